The molecule has 0 amide bonds. The van der Waals surface area contributed by atoms with Crippen LogP contribution >= 0.6 is 0 Å². The van der Waals surface area contributed by atoms with Crippen LogP contribution in [0.4, 0.5) is 0 Å². The summed E-state index contributed by atoms with van der Waals surface area (Å²) in [7, 11) is -0.0648. The largest absolute Gasteiger partial charge is 0.454 e. The highest BCUT2D eigenvalue weighted by Crippen LogP contribution is 2.36. The summed E-state index contributed by atoms with van der Waals surface area (Å²) in [5.41, 5.74) is -0.321. The van der Waals surface area contributed by atoms with E-state index in [1.165, 1.54) is 0 Å². The van der Waals surface area contributed by atoms with E-state index in [9.17, 15) is 0 Å². The van der Waals surface area contributed by atoms with Gasteiger partial charge in [-0.1, -0.05) is 12.1 Å². The molecule has 1 saturated heterocycles. The minimum Gasteiger partial charge on any atom is -0.454 e. The van der Waals surface area contributed by atoms with Crippen molar-refractivity contribution in [2.24, 2.45) is 0 Å². The van der Waals surface area contributed by atoms with E-state index in [-0.39, 0.29) is 18.3 Å². The molecular formula is C14H21BO4. The molecule has 5 heteroatoms. The van der Waals surface area contributed by atoms with Crippen LogP contribution in [-0.4, -0.2) is 25.1 Å². The van der Waals surface area contributed by atoms with Crippen LogP contribution in [0.15, 0.2) is 24.3 Å². The maximum Gasteiger partial charge on any atom is 0.454 e. The molecule has 104 valence electrons. The maximum absolute atomic E-state index is 5.54. The molecule has 0 aliphatic carbocycles. The number of benzene rings is 1. The average molecular weight is 264 g/mol. The Morgan fingerprint density at radius 3 is 1.63 bits per heavy atom. The Balaban J connectivity index is 0.000000141. The summed E-state index contributed by atoms with van der Waals surface area (Å²) in [5.74, 6) is 1.69. The zero-order valence-electron chi connectivity index (χ0n) is 12.2. The first kappa shape index (κ1) is 14.2. The van der Waals surface area contributed by atoms with E-state index in [1.807, 2.05) is 31.1 Å². The number of hydrogen-bond donors (Lipinski definition) is 0. The zero-order chi connectivity index (χ0) is 14.1. The van der Waals surface area contributed by atoms with Gasteiger partial charge in [-0.15, -0.1) is 0 Å². The second kappa shape index (κ2) is 5.06. The summed E-state index contributed by atoms with van der Waals surface area (Å²) in [6, 6.07) is 7.63. The van der Waals surface area contributed by atoms with Crippen molar-refractivity contribution in [1.29, 1.82) is 0 Å². The van der Waals surface area contributed by atoms with E-state index >= 15 is 0 Å². The van der Waals surface area contributed by atoms with Crippen molar-refractivity contribution in [3.8, 4) is 11.5 Å². The number of rotatable bonds is 0. The molecule has 0 N–H and O–H groups in total. The van der Waals surface area contributed by atoms with Crippen LogP contribution in [0.3, 0.4) is 0 Å². The van der Waals surface area contributed by atoms with E-state index in [0.717, 1.165) is 11.5 Å². The summed E-state index contributed by atoms with van der Waals surface area (Å²) >= 11 is 0. The van der Waals surface area contributed by atoms with E-state index < -0.39 is 0 Å². The van der Waals surface area contributed by atoms with Crippen LogP contribution in [-0.2, 0) is 9.31 Å². The Labute approximate surface area is 115 Å². The quantitative estimate of drug-likeness (QED) is 0.674. The number of hydrogen-bond acceptors (Lipinski definition) is 4. The Hall–Kier alpha value is -1.20. The van der Waals surface area contributed by atoms with Gasteiger partial charge in [-0.05, 0) is 46.7 Å². The monoisotopic (exact) mass is 264 g/mol. The van der Waals surface area contributed by atoms with Crippen molar-refractivity contribution in [3.63, 3.8) is 0 Å². The molecule has 0 aromatic heterocycles. The second-order valence-electron chi connectivity index (χ2n) is 5.68. The van der Waals surface area contributed by atoms with Gasteiger partial charge in [0.1, 0.15) is 0 Å². The fraction of sp³-hybridized carbons (Fsp3) is 0.571. The van der Waals surface area contributed by atoms with Gasteiger partial charge in [0.15, 0.2) is 11.5 Å². The van der Waals surface area contributed by atoms with Gasteiger partial charge in [0.05, 0.1) is 11.2 Å². The van der Waals surface area contributed by atoms with Gasteiger partial charge < -0.3 is 18.8 Å². The van der Waals surface area contributed by atoms with Crippen LogP contribution in [0.1, 0.15) is 27.7 Å². The third-order valence-corrected chi connectivity index (χ3v) is 3.65. The fourth-order valence-corrected chi connectivity index (χ4v) is 1.98. The first-order chi connectivity index (χ1) is 8.82. The van der Waals surface area contributed by atoms with Crippen molar-refractivity contribution in [2.75, 3.05) is 6.79 Å². The Morgan fingerprint density at radius 1 is 0.895 bits per heavy atom. The van der Waals surface area contributed by atoms with Gasteiger partial charge >= 0.3 is 7.12 Å². The summed E-state index contributed by atoms with van der Waals surface area (Å²) in [6.07, 6.45) is 0. The van der Waals surface area contributed by atoms with E-state index in [1.54, 1.807) is 0 Å². The number of para-hydroxylation sites is 2. The Bertz CT molecular complexity index is 406. The molecule has 1 fully saturated rings. The van der Waals surface area contributed by atoms with E-state index in [0.29, 0.717) is 6.79 Å². The topological polar surface area (TPSA) is 36.9 Å². The molecule has 0 unspecified atom stereocenters. The zero-order valence-corrected chi connectivity index (χ0v) is 12.2. The summed E-state index contributed by atoms with van der Waals surface area (Å²) in [4.78, 5) is 0. The van der Waals surface area contributed by atoms with Gasteiger partial charge in [0, 0.05) is 0 Å². The molecule has 3 rings (SSSR count). The van der Waals surface area contributed by atoms with Gasteiger partial charge in [0.25, 0.3) is 0 Å². The molecule has 0 atom stereocenters. The molecular weight excluding hydrogens is 243 g/mol. The summed E-state index contributed by atoms with van der Waals surface area (Å²) in [6.45, 7) is 10.5. The molecule has 0 saturated carbocycles. The van der Waals surface area contributed by atoms with Gasteiger partial charge in [-0.25, -0.2) is 0 Å². The highest BCUT2D eigenvalue weighted by Gasteiger charge is 2.48. The Kier molecular flexibility index (Phi) is 3.79. The van der Waals surface area contributed by atoms with Crippen molar-refractivity contribution in [3.05, 3.63) is 24.3 Å². The highest BCUT2D eigenvalue weighted by molar-refractivity contribution is 6.43. The molecule has 2 aliphatic rings. The van der Waals surface area contributed by atoms with E-state index in [4.69, 9.17) is 18.8 Å². The van der Waals surface area contributed by atoms with Gasteiger partial charge in [-0.2, -0.15) is 0 Å². The lowest BCUT2D eigenvalue weighted by Crippen LogP contribution is -2.41. The molecule has 1 aromatic rings. The van der Waals surface area contributed by atoms with Gasteiger partial charge in [-0.3, -0.25) is 0 Å². The lowest BCUT2D eigenvalue weighted by Gasteiger charge is -2.32. The number of ether oxygens (including phenoxy) is 2. The van der Waals surface area contributed by atoms with Crippen molar-refractivity contribution in [1.82, 2.24) is 0 Å². The normalized spacial score (nSPS) is 21.8. The van der Waals surface area contributed by atoms with Crippen LogP contribution < -0.4 is 9.47 Å². The molecule has 2 heterocycles. The maximum atomic E-state index is 5.54. The molecule has 2 aliphatic heterocycles. The Morgan fingerprint density at radius 2 is 1.32 bits per heavy atom. The van der Waals surface area contributed by atoms with Crippen molar-refractivity contribution in [2.45, 2.75) is 45.7 Å². The SMILES string of the molecule is CB1OC(C)(C)C(C)(C)O1.c1ccc2c(c1)OCO2. The minimum atomic E-state index is -0.160. The molecule has 1 aromatic carbocycles. The second-order valence-corrected chi connectivity index (χ2v) is 5.68. The van der Waals surface area contributed by atoms with Crippen LogP contribution in [0.5, 0.6) is 11.5 Å². The average Bonchev–Trinajstić information content (AvgIpc) is 2.81. The molecule has 0 spiro atoms. The lowest BCUT2D eigenvalue weighted by molar-refractivity contribution is 0.00578. The predicted molar refractivity (Wildman–Crippen MR) is 74.5 cm³/mol. The summed E-state index contributed by atoms with van der Waals surface area (Å²) in [5, 5.41) is 0. The van der Waals surface area contributed by atoms with Crippen LogP contribution in [0.25, 0.3) is 0 Å². The van der Waals surface area contributed by atoms with Crippen LogP contribution in [0.2, 0.25) is 6.82 Å². The summed E-state index contributed by atoms with van der Waals surface area (Å²) < 4.78 is 21.2. The molecule has 4 nitrogen and oxygen atoms in total. The minimum absolute atomic E-state index is 0.0648. The van der Waals surface area contributed by atoms with Crippen LogP contribution in [0, 0.1) is 0 Å². The van der Waals surface area contributed by atoms with E-state index in [2.05, 4.69) is 27.7 Å². The third kappa shape index (κ3) is 3.04. The fourth-order valence-electron chi connectivity index (χ4n) is 1.98. The first-order valence-electron chi connectivity index (χ1n) is 6.52. The van der Waals surface area contributed by atoms with Gasteiger partial charge in [0.2, 0.25) is 6.79 Å². The highest BCUT2D eigenvalue weighted by atomic mass is 16.7. The standard InChI is InChI=1S/C7H15BO2.C7H6O2/c1-6(2)7(3,4)10-8(5)9-6;1-2-4-7-6(3-1)8-5-9-7/h1-5H3;1-4H,5H2. The van der Waals surface area contributed by atoms with Crippen molar-refractivity contribution < 1.29 is 18.8 Å². The van der Waals surface area contributed by atoms with Crippen molar-refractivity contribution >= 4 is 7.12 Å². The predicted octanol–water partition coefficient (Wildman–Crippen LogP) is 3.12. The first-order valence-corrected chi connectivity index (χ1v) is 6.52. The number of fused-ring (bicyclic) bond motifs is 1. The third-order valence-electron chi connectivity index (χ3n) is 3.65. The smallest absolute Gasteiger partial charge is 0.454 e. The lowest BCUT2D eigenvalue weighted by atomic mass is 9.90. The molecule has 19 heavy (non-hydrogen) atoms. The molecule has 0 radical (unpaired) electrons. The molecule has 0 bridgehead atoms.